The van der Waals surface area contributed by atoms with Crippen molar-refractivity contribution in [3.8, 4) is 5.75 Å². The first kappa shape index (κ1) is 20.4. The van der Waals surface area contributed by atoms with Gasteiger partial charge in [0.15, 0.2) is 0 Å². The van der Waals surface area contributed by atoms with Gasteiger partial charge in [-0.25, -0.2) is 0 Å². The highest BCUT2D eigenvalue weighted by Gasteiger charge is 2.46. The SMILES string of the molecule is O=C(C1CC1c1ccc(C(F)(F)F)cc1)N1CCN(Cc2ccc3c(c2)CCO3)CC1. The smallest absolute Gasteiger partial charge is 0.416 e. The van der Waals surface area contributed by atoms with E-state index in [0.29, 0.717) is 13.1 Å². The highest BCUT2D eigenvalue weighted by atomic mass is 19.4. The molecule has 2 aromatic rings. The molecule has 1 saturated heterocycles. The molecule has 1 aliphatic carbocycles. The topological polar surface area (TPSA) is 32.8 Å². The van der Waals surface area contributed by atoms with E-state index in [1.54, 1.807) is 0 Å². The van der Waals surface area contributed by atoms with Gasteiger partial charge in [0, 0.05) is 45.1 Å². The quantitative estimate of drug-likeness (QED) is 0.733. The van der Waals surface area contributed by atoms with Gasteiger partial charge >= 0.3 is 6.18 Å². The molecule has 1 saturated carbocycles. The maximum atomic E-state index is 12.9. The van der Waals surface area contributed by atoms with E-state index in [-0.39, 0.29) is 17.7 Å². The van der Waals surface area contributed by atoms with Crippen molar-refractivity contribution >= 4 is 5.91 Å². The number of nitrogens with zero attached hydrogens (tertiary/aromatic N) is 2. The van der Waals surface area contributed by atoms with E-state index < -0.39 is 11.7 Å². The first-order chi connectivity index (χ1) is 14.9. The molecule has 1 amide bonds. The number of carbonyl (C=O) groups excluding carboxylic acids is 1. The fourth-order valence-corrected chi connectivity index (χ4v) is 4.71. The molecular weight excluding hydrogens is 405 g/mol. The Morgan fingerprint density at radius 3 is 2.48 bits per heavy atom. The minimum Gasteiger partial charge on any atom is -0.493 e. The normalized spacial score (nSPS) is 23.4. The summed E-state index contributed by atoms with van der Waals surface area (Å²) in [4.78, 5) is 17.2. The van der Waals surface area contributed by atoms with Crippen LogP contribution in [0.1, 0.15) is 34.6 Å². The second kappa shape index (κ2) is 7.86. The standard InChI is InChI=1S/C24H25F3N2O2/c25-24(26,27)19-4-2-17(3-5-19)20-14-21(20)23(30)29-10-8-28(9-11-29)15-16-1-6-22-18(13-16)7-12-31-22/h1-6,13,20-21H,7-12,14-15H2. The van der Waals surface area contributed by atoms with Crippen LogP contribution in [0.15, 0.2) is 42.5 Å². The number of alkyl halides is 3. The molecule has 2 heterocycles. The van der Waals surface area contributed by atoms with Crippen LogP contribution in [0.3, 0.4) is 0 Å². The summed E-state index contributed by atoms with van der Waals surface area (Å²) < 4.78 is 43.8. The maximum Gasteiger partial charge on any atom is 0.416 e. The largest absolute Gasteiger partial charge is 0.493 e. The van der Waals surface area contributed by atoms with Crippen molar-refractivity contribution in [3.63, 3.8) is 0 Å². The van der Waals surface area contributed by atoms with Crippen molar-refractivity contribution in [2.45, 2.75) is 31.5 Å². The van der Waals surface area contributed by atoms with Crippen LogP contribution in [0.25, 0.3) is 0 Å². The fraction of sp³-hybridized carbons (Fsp3) is 0.458. The number of halogens is 3. The summed E-state index contributed by atoms with van der Waals surface area (Å²) in [5.41, 5.74) is 2.72. The summed E-state index contributed by atoms with van der Waals surface area (Å²) in [5.74, 6) is 1.08. The Hall–Kier alpha value is -2.54. The van der Waals surface area contributed by atoms with Crippen molar-refractivity contribution < 1.29 is 22.7 Å². The Kier molecular flexibility index (Phi) is 5.16. The first-order valence-electron chi connectivity index (χ1n) is 10.8. The van der Waals surface area contributed by atoms with Gasteiger partial charge in [-0.3, -0.25) is 9.69 Å². The third-order valence-corrected chi connectivity index (χ3v) is 6.62. The summed E-state index contributed by atoms with van der Waals surface area (Å²) in [5, 5.41) is 0. The molecular formula is C24H25F3N2O2. The van der Waals surface area contributed by atoms with E-state index >= 15 is 0 Å². The third kappa shape index (κ3) is 4.28. The van der Waals surface area contributed by atoms with Crippen LogP contribution in [0.4, 0.5) is 13.2 Å². The number of benzene rings is 2. The lowest BCUT2D eigenvalue weighted by molar-refractivity contribution is -0.137. The average Bonchev–Trinajstić information content (AvgIpc) is 3.43. The van der Waals surface area contributed by atoms with Crippen LogP contribution in [0, 0.1) is 5.92 Å². The van der Waals surface area contributed by atoms with Crippen molar-refractivity contribution in [1.29, 1.82) is 0 Å². The monoisotopic (exact) mass is 430 g/mol. The van der Waals surface area contributed by atoms with Gasteiger partial charge in [0.1, 0.15) is 5.75 Å². The number of hydrogen-bond acceptors (Lipinski definition) is 3. The summed E-state index contributed by atoms with van der Waals surface area (Å²) in [6, 6.07) is 11.6. The molecule has 2 aromatic carbocycles. The molecule has 0 aromatic heterocycles. The van der Waals surface area contributed by atoms with E-state index in [1.165, 1.54) is 23.3 Å². The van der Waals surface area contributed by atoms with Gasteiger partial charge in [0.05, 0.1) is 12.2 Å². The van der Waals surface area contributed by atoms with Gasteiger partial charge in [0.25, 0.3) is 0 Å². The van der Waals surface area contributed by atoms with Crippen LogP contribution >= 0.6 is 0 Å². The lowest BCUT2D eigenvalue weighted by atomic mass is 10.1. The van der Waals surface area contributed by atoms with E-state index in [1.807, 2.05) is 11.0 Å². The molecule has 164 valence electrons. The fourth-order valence-electron chi connectivity index (χ4n) is 4.71. The number of carbonyl (C=O) groups is 1. The minimum atomic E-state index is -4.33. The Balaban J connectivity index is 1.12. The minimum absolute atomic E-state index is 0.0430. The molecule has 31 heavy (non-hydrogen) atoms. The molecule has 2 unspecified atom stereocenters. The van der Waals surface area contributed by atoms with E-state index in [4.69, 9.17) is 4.74 Å². The molecule has 0 bridgehead atoms. The zero-order chi connectivity index (χ0) is 21.6. The number of piperazine rings is 1. The highest BCUT2D eigenvalue weighted by molar-refractivity contribution is 5.83. The van der Waals surface area contributed by atoms with E-state index in [2.05, 4.69) is 17.0 Å². The molecule has 2 fully saturated rings. The molecule has 4 nitrogen and oxygen atoms in total. The van der Waals surface area contributed by atoms with Crippen molar-refractivity contribution in [3.05, 3.63) is 64.7 Å². The second-order valence-corrected chi connectivity index (χ2v) is 8.71. The summed E-state index contributed by atoms with van der Waals surface area (Å²) in [6.45, 7) is 4.68. The van der Waals surface area contributed by atoms with Gasteiger partial charge in [-0.1, -0.05) is 24.3 Å². The molecule has 5 rings (SSSR count). The Morgan fingerprint density at radius 1 is 1.03 bits per heavy atom. The van der Waals surface area contributed by atoms with Crippen LogP contribution in [-0.4, -0.2) is 48.5 Å². The number of fused-ring (bicyclic) bond motifs is 1. The van der Waals surface area contributed by atoms with Gasteiger partial charge in [-0.05, 0) is 47.2 Å². The molecule has 2 aliphatic heterocycles. The van der Waals surface area contributed by atoms with E-state index in [0.717, 1.165) is 62.5 Å². The van der Waals surface area contributed by atoms with Crippen LogP contribution < -0.4 is 4.74 Å². The predicted octanol–water partition coefficient (Wildman–Crippen LogP) is 4.09. The Morgan fingerprint density at radius 2 is 1.77 bits per heavy atom. The van der Waals surface area contributed by atoms with E-state index in [9.17, 15) is 18.0 Å². The Bertz CT molecular complexity index is 966. The van der Waals surface area contributed by atoms with Crippen LogP contribution in [0.5, 0.6) is 5.75 Å². The summed E-state index contributed by atoms with van der Waals surface area (Å²) in [6.07, 6.45) is -2.64. The van der Waals surface area contributed by atoms with Crippen molar-refractivity contribution in [1.82, 2.24) is 9.80 Å². The number of amides is 1. The Labute approximate surface area is 179 Å². The predicted molar refractivity (Wildman–Crippen MR) is 110 cm³/mol. The van der Waals surface area contributed by atoms with Gasteiger partial charge in [0.2, 0.25) is 5.91 Å². The molecule has 2 atom stereocenters. The third-order valence-electron chi connectivity index (χ3n) is 6.62. The first-order valence-corrected chi connectivity index (χ1v) is 10.8. The molecule has 0 spiro atoms. The van der Waals surface area contributed by atoms with Crippen molar-refractivity contribution in [2.75, 3.05) is 32.8 Å². The number of ether oxygens (including phenoxy) is 1. The summed E-state index contributed by atoms with van der Waals surface area (Å²) in [7, 11) is 0. The second-order valence-electron chi connectivity index (χ2n) is 8.71. The molecule has 0 N–H and O–H groups in total. The van der Waals surface area contributed by atoms with Gasteiger partial charge in [-0.15, -0.1) is 0 Å². The van der Waals surface area contributed by atoms with Crippen LogP contribution in [0.2, 0.25) is 0 Å². The molecule has 7 heteroatoms. The maximum absolute atomic E-state index is 12.9. The van der Waals surface area contributed by atoms with Crippen LogP contribution in [-0.2, 0) is 23.9 Å². The van der Waals surface area contributed by atoms with Gasteiger partial charge < -0.3 is 9.64 Å². The van der Waals surface area contributed by atoms with Gasteiger partial charge in [-0.2, -0.15) is 13.2 Å². The lowest BCUT2D eigenvalue weighted by Crippen LogP contribution is -2.48. The summed E-state index contributed by atoms with van der Waals surface area (Å²) >= 11 is 0. The lowest BCUT2D eigenvalue weighted by Gasteiger charge is -2.35. The average molecular weight is 430 g/mol. The number of hydrogen-bond donors (Lipinski definition) is 0. The van der Waals surface area contributed by atoms with Crippen molar-refractivity contribution in [2.24, 2.45) is 5.92 Å². The molecule has 3 aliphatic rings. The zero-order valence-electron chi connectivity index (χ0n) is 17.2. The number of rotatable bonds is 4. The highest BCUT2D eigenvalue weighted by Crippen LogP contribution is 2.49. The molecule has 0 radical (unpaired) electrons. The zero-order valence-corrected chi connectivity index (χ0v) is 17.2.